The summed E-state index contributed by atoms with van der Waals surface area (Å²) in [6.07, 6.45) is -1.15. The van der Waals surface area contributed by atoms with Crippen molar-refractivity contribution in [1.29, 1.82) is 0 Å². The minimum Gasteiger partial charge on any atom is -0.386 e. The van der Waals surface area contributed by atoms with E-state index in [1.54, 1.807) is 24.3 Å². The van der Waals surface area contributed by atoms with Crippen molar-refractivity contribution in [2.45, 2.75) is 17.0 Å². The van der Waals surface area contributed by atoms with Gasteiger partial charge in [-0.1, -0.05) is 35.3 Å². The van der Waals surface area contributed by atoms with Gasteiger partial charge in [-0.15, -0.1) is 0 Å². The standard InChI is InChI=1S/C11H11Cl2FINO2/c12-10(13)11(18)16-8(5-14)9(17)6-1-3-7(15)4-2-6/h1-4,8-10,17H,5H2,(H,16,18). The van der Waals surface area contributed by atoms with Crippen LogP contribution in [0.4, 0.5) is 4.39 Å². The summed E-state index contributed by atoms with van der Waals surface area (Å²) >= 11 is 12.8. The van der Waals surface area contributed by atoms with Gasteiger partial charge in [-0.05, 0) is 40.3 Å². The molecule has 2 atom stereocenters. The van der Waals surface area contributed by atoms with Crippen molar-refractivity contribution in [3.8, 4) is 0 Å². The van der Waals surface area contributed by atoms with Crippen LogP contribution < -0.4 is 5.32 Å². The highest BCUT2D eigenvalue weighted by Crippen LogP contribution is 2.19. The maximum atomic E-state index is 12.8. The molecule has 0 aliphatic rings. The van der Waals surface area contributed by atoms with Crippen LogP contribution in [0.5, 0.6) is 0 Å². The molecule has 100 valence electrons. The van der Waals surface area contributed by atoms with Gasteiger partial charge in [-0.25, -0.2) is 4.39 Å². The summed E-state index contributed by atoms with van der Waals surface area (Å²) in [4.78, 5) is 9.96. The van der Waals surface area contributed by atoms with E-state index in [1.807, 2.05) is 0 Å². The number of carbonyl (C=O) groups is 1. The molecule has 3 nitrogen and oxygen atoms in total. The van der Waals surface area contributed by atoms with E-state index in [9.17, 15) is 14.3 Å². The normalized spacial score (nSPS) is 14.3. The van der Waals surface area contributed by atoms with Crippen molar-refractivity contribution >= 4 is 51.7 Å². The molecule has 0 fully saturated rings. The van der Waals surface area contributed by atoms with Crippen molar-refractivity contribution in [2.75, 3.05) is 6.67 Å². The smallest absolute Gasteiger partial charge is 0.253 e. The molecule has 18 heavy (non-hydrogen) atoms. The topological polar surface area (TPSA) is 49.3 Å². The number of hydrogen-bond donors (Lipinski definition) is 2. The maximum absolute atomic E-state index is 12.8. The molecule has 2 unspecified atom stereocenters. The SMILES string of the molecule is O=C(NC(CF)C(O)c1ccc(I)cc1)C(Cl)Cl. The summed E-state index contributed by atoms with van der Waals surface area (Å²) in [6.45, 7) is -0.917. The molecule has 1 amide bonds. The number of rotatable bonds is 5. The summed E-state index contributed by atoms with van der Waals surface area (Å²) in [5, 5.41) is 12.2. The summed E-state index contributed by atoms with van der Waals surface area (Å²) < 4.78 is 13.8. The van der Waals surface area contributed by atoms with Gasteiger partial charge in [-0.2, -0.15) is 0 Å². The third-order valence-electron chi connectivity index (χ3n) is 2.28. The minimum atomic E-state index is -1.29. The fourth-order valence-electron chi connectivity index (χ4n) is 1.34. The largest absolute Gasteiger partial charge is 0.386 e. The van der Waals surface area contributed by atoms with Gasteiger partial charge in [0, 0.05) is 3.57 Å². The molecule has 0 heterocycles. The van der Waals surface area contributed by atoms with Gasteiger partial charge in [0.1, 0.15) is 12.8 Å². The van der Waals surface area contributed by atoms with Crippen LogP contribution in [-0.4, -0.2) is 28.6 Å². The van der Waals surface area contributed by atoms with E-state index in [0.717, 1.165) is 3.57 Å². The second kappa shape index (κ2) is 7.47. The zero-order valence-corrected chi connectivity index (χ0v) is 12.8. The first kappa shape index (κ1) is 15.9. The van der Waals surface area contributed by atoms with Crippen LogP contribution in [0.25, 0.3) is 0 Å². The summed E-state index contributed by atoms with van der Waals surface area (Å²) in [7, 11) is 0. The monoisotopic (exact) mass is 405 g/mol. The van der Waals surface area contributed by atoms with Crippen molar-refractivity contribution < 1.29 is 14.3 Å². The first-order chi connectivity index (χ1) is 8.45. The third kappa shape index (κ3) is 4.53. The third-order valence-corrected chi connectivity index (χ3v) is 3.40. The van der Waals surface area contributed by atoms with Gasteiger partial charge in [0.25, 0.3) is 5.91 Å². The number of amides is 1. The van der Waals surface area contributed by atoms with Crippen LogP contribution in [0.15, 0.2) is 24.3 Å². The van der Waals surface area contributed by atoms with Crippen LogP contribution in [0.3, 0.4) is 0 Å². The molecule has 1 aromatic rings. The highest BCUT2D eigenvalue weighted by Gasteiger charge is 2.24. The molecule has 7 heteroatoms. The Kier molecular flexibility index (Phi) is 6.62. The Morgan fingerprint density at radius 1 is 1.39 bits per heavy atom. The molecule has 0 aliphatic heterocycles. The van der Waals surface area contributed by atoms with Gasteiger partial charge in [0.05, 0.1) is 6.04 Å². The number of benzene rings is 1. The van der Waals surface area contributed by atoms with E-state index in [4.69, 9.17) is 23.2 Å². The maximum Gasteiger partial charge on any atom is 0.253 e. The Hall–Kier alpha value is -0.110. The lowest BCUT2D eigenvalue weighted by atomic mass is 10.0. The van der Waals surface area contributed by atoms with E-state index in [-0.39, 0.29) is 0 Å². The number of aliphatic hydroxyl groups is 1. The predicted molar refractivity (Wildman–Crippen MR) is 77.5 cm³/mol. The summed E-state index contributed by atoms with van der Waals surface area (Å²) in [5.74, 6) is -0.731. The quantitative estimate of drug-likeness (QED) is 0.584. The number of aliphatic hydroxyl groups excluding tert-OH is 1. The molecule has 1 rings (SSSR count). The molecular formula is C11H11Cl2FINO2. The zero-order valence-electron chi connectivity index (χ0n) is 9.12. The average molecular weight is 406 g/mol. The van der Waals surface area contributed by atoms with Gasteiger partial charge in [-0.3, -0.25) is 4.79 Å². The number of hydrogen-bond acceptors (Lipinski definition) is 2. The fourth-order valence-corrected chi connectivity index (χ4v) is 1.83. The first-order valence-electron chi connectivity index (χ1n) is 5.03. The lowest BCUT2D eigenvalue weighted by Gasteiger charge is -2.22. The fraction of sp³-hybridized carbons (Fsp3) is 0.364. The Balaban J connectivity index is 2.75. The van der Waals surface area contributed by atoms with Crippen molar-refractivity contribution in [3.05, 3.63) is 33.4 Å². The lowest BCUT2D eigenvalue weighted by Crippen LogP contribution is -2.43. The van der Waals surface area contributed by atoms with E-state index in [2.05, 4.69) is 27.9 Å². The van der Waals surface area contributed by atoms with Gasteiger partial charge in [0.2, 0.25) is 0 Å². The Bertz CT molecular complexity index is 403. The highest BCUT2D eigenvalue weighted by molar-refractivity contribution is 14.1. The number of alkyl halides is 3. The van der Waals surface area contributed by atoms with Crippen molar-refractivity contribution in [1.82, 2.24) is 5.32 Å². The highest BCUT2D eigenvalue weighted by atomic mass is 127. The Morgan fingerprint density at radius 3 is 2.39 bits per heavy atom. The lowest BCUT2D eigenvalue weighted by molar-refractivity contribution is -0.121. The number of nitrogens with one attached hydrogen (secondary N) is 1. The van der Waals surface area contributed by atoms with Gasteiger partial charge < -0.3 is 10.4 Å². The van der Waals surface area contributed by atoms with E-state index < -0.39 is 29.6 Å². The van der Waals surface area contributed by atoms with Crippen LogP contribution in [0.1, 0.15) is 11.7 Å². The van der Waals surface area contributed by atoms with Gasteiger partial charge in [0.15, 0.2) is 4.84 Å². The molecule has 0 aliphatic carbocycles. The zero-order chi connectivity index (χ0) is 13.7. The van der Waals surface area contributed by atoms with Crippen LogP contribution in [0.2, 0.25) is 0 Å². The van der Waals surface area contributed by atoms with Crippen molar-refractivity contribution in [3.63, 3.8) is 0 Å². The average Bonchev–Trinajstić information content (AvgIpc) is 2.35. The molecule has 0 saturated heterocycles. The molecule has 0 radical (unpaired) electrons. The summed E-state index contributed by atoms with van der Waals surface area (Å²) in [6, 6.07) is 5.82. The Morgan fingerprint density at radius 2 is 1.94 bits per heavy atom. The van der Waals surface area contributed by atoms with Crippen molar-refractivity contribution in [2.24, 2.45) is 0 Å². The van der Waals surface area contributed by atoms with E-state index >= 15 is 0 Å². The van der Waals surface area contributed by atoms with Crippen LogP contribution in [-0.2, 0) is 4.79 Å². The molecule has 0 saturated carbocycles. The molecular weight excluding hydrogens is 395 g/mol. The Labute approximate surface area is 128 Å². The van der Waals surface area contributed by atoms with Gasteiger partial charge >= 0.3 is 0 Å². The predicted octanol–water partition coefficient (Wildman–Crippen LogP) is 2.58. The van der Waals surface area contributed by atoms with E-state index in [0.29, 0.717) is 5.56 Å². The van der Waals surface area contributed by atoms with E-state index in [1.165, 1.54) is 0 Å². The number of halogens is 4. The minimum absolute atomic E-state index is 0.513. The molecule has 2 N–H and O–H groups in total. The molecule has 1 aromatic carbocycles. The molecule has 0 aromatic heterocycles. The molecule has 0 spiro atoms. The number of carbonyl (C=O) groups excluding carboxylic acids is 1. The summed E-state index contributed by atoms with van der Waals surface area (Å²) in [5.41, 5.74) is 0.513. The first-order valence-corrected chi connectivity index (χ1v) is 6.99. The molecule has 0 bridgehead atoms. The van der Waals surface area contributed by atoms with Crippen LogP contribution >= 0.6 is 45.8 Å². The second-order valence-electron chi connectivity index (χ2n) is 3.57. The van der Waals surface area contributed by atoms with Crippen LogP contribution in [0, 0.1) is 3.57 Å². The second-order valence-corrected chi connectivity index (χ2v) is 5.91.